The molecule has 11 heteroatoms. The number of nitrogens with zero attached hydrogens (tertiary/aromatic N) is 1. The molecule has 0 fully saturated rings. The van der Waals surface area contributed by atoms with Gasteiger partial charge in [-0.15, -0.1) is 0 Å². The third-order valence-electron chi connectivity index (χ3n) is 4.10. The fourth-order valence-electron chi connectivity index (χ4n) is 2.79. The summed E-state index contributed by atoms with van der Waals surface area (Å²) >= 11 is 6.07. The van der Waals surface area contributed by atoms with E-state index in [0.29, 0.717) is 4.47 Å². The number of carbonyl (C=O) groups excluding carboxylic acids is 1. The topological polar surface area (TPSA) is 68.1 Å². The number of ketones is 1. The van der Waals surface area contributed by atoms with E-state index in [2.05, 4.69) is 37.0 Å². The molecule has 2 heterocycles. The van der Waals surface area contributed by atoms with Crippen LogP contribution >= 0.6 is 31.9 Å². The molecule has 1 N–H and O–H groups in total. The lowest BCUT2D eigenvalue weighted by molar-refractivity contribution is 0.0925. The van der Waals surface area contributed by atoms with Crippen molar-refractivity contribution in [1.82, 2.24) is 0 Å². The first kappa shape index (κ1) is 21.6. The van der Waals surface area contributed by atoms with Gasteiger partial charge in [0.05, 0.1) is 39.0 Å². The molecule has 0 aromatic heterocycles. The number of fused-ring (bicyclic) bond motifs is 2. The van der Waals surface area contributed by atoms with Gasteiger partial charge in [0.1, 0.15) is 11.5 Å². The van der Waals surface area contributed by atoms with Gasteiger partial charge in [-0.05, 0) is 44.0 Å². The second kappa shape index (κ2) is 8.70. The summed E-state index contributed by atoms with van der Waals surface area (Å²) in [6.07, 6.45) is 0.329. The average molecular weight is 541 g/mol. The van der Waals surface area contributed by atoms with E-state index in [-0.39, 0.29) is 58.9 Å². The lowest BCUT2D eigenvalue weighted by atomic mass is 10.0. The van der Waals surface area contributed by atoms with Gasteiger partial charge >= 0.3 is 0 Å². The Bertz CT molecular complexity index is 1030. The molecule has 154 valence electrons. The van der Waals surface area contributed by atoms with Gasteiger partial charge < -0.3 is 14.7 Å². The summed E-state index contributed by atoms with van der Waals surface area (Å²) in [6, 6.07) is 1.93. The number of ether oxygens (including phenoxy) is 2. The van der Waals surface area contributed by atoms with Crippen molar-refractivity contribution >= 4 is 43.4 Å². The molecular weight excluding hydrogens is 530 g/mol. The van der Waals surface area contributed by atoms with E-state index in [4.69, 9.17) is 14.7 Å². The Hall–Kier alpha value is -2.14. The number of rotatable bonds is 0. The minimum Gasteiger partial charge on any atom is -0.491 e. The zero-order valence-corrected chi connectivity index (χ0v) is 17.5. The van der Waals surface area contributed by atoms with E-state index >= 15 is 0 Å². The predicted molar refractivity (Wildman–Crippen MR) is 101 cm³/mol. The highest BCUT2D eigenvalue weighted by atomic mass is 79.9. The fraction of sp³-hybridized carbons (Fsp3) is 0.222. The SMILES string of the molecule is O/N=C1\CCOc2c(Br)cc(F)c(F)c21.O=C1CCOc2c(Br)cc(F)c(F)c21. The molecule has 2 aliphatic heterocycles. The van der Waals surface area contributed by atoms with Gasteiger partial charge in [0.2, 0.25) is 0 Å². The third kappa shape index (κ3) is 4.11. The van der Waals surface area contributed by atoms with Crippen molar-refractivity contribution in [2.24, 2.45) is 5.16 Å². The van der Waals surface area contributed by atoms with Crippen LogP contribution in [0, 0.1) is 23.3 Å². The largest absolute Gasteiger partial charge is 0.491 e. The molecule has 0 saturated carbocycles. The lowest BCUT2D eigenvalue weighted by Crippen LogP contribution is -2.19. The maximum atomic E-state index is 13.4. The summed E-state index contributed by atoms with van der Waals surface area (Å²) in [6.45, 7) is 0.478. The molecule has 0 unspecified atom stereocenters. The predicted octanol–water partition coefficient (Wildman–Crippen LogP) is 5.38. The molecule has 0 bridgehead atoms. The molecule has 2 aromatic rings. The summed E-state index contributed by atoms with van der Waals surface area (Å²) in [5.41, 5.74) is -0.312. The average Bonchev–Trinajstić information content (AvgIpc) is 2.70. The molecule has 0 spiro atoms. The number of hydrogen-bond donors (Lipinski definition) is 1. The van der Waals surface area contributed by atoms with Crippen molar-refractivity contribution in [3.05, 3.63) is 55.5 Å². The van der Waals surface area contributed by atoms with Crippen molar-refractivity contribution in [2.45, 2.75) is 12.8 Å². The zero-order chi connectivity index (χ0) is 21.3. The molecule has 5 nitrogen and oxygen atoms in total. The van der Waals surface area contributed by atoms with Crippen LogP contribution in [0.3, 0.4) is 0 Å². The lowest BCUT2D eigenvalue weighted by Gasteiger charge is -2.20. The van der Waals surface area contributed by atoms with Crippen LogP contribution in [-0.4, -0.2) is 29.9 Å². The summed E-state index contributed by atoms with van der Waals surface area (Å²) in [4.78, 5) is 11.3. The Labute approximate surface area is 178 Å². The first-order chi connectivity index (χ1) is 13.8. The van der Waals surface area contributed by atoms with Crippen LogP contribution in [0.1, 0.15) is 28.8 Å². The molecule has 29 heavy (non-hydrogen) atoms. The highest BCUT2D eigenvalue weighted by Crippen LogP contribution is 2.37. The highest BCUT2D eigenvalue weighted by Gasteiger charge is 2.28. The van der Waals surface area contributed by atoms with E-state index in [1.54, 1.807) is 0 Å². The first-order valence-corrected chi connectivity index (χ1v) is 9.70. The van der Waals surface area contributed by atoms with Crippen LogP contribution in [0.15, 0.2) is 26.2 Å². The van der Waals surface area contributed by atoms with Crippen molar-refractivity contribution in [3.63, 3.8) is 0 Å². The molecular formula is C18H11Br2F4NO4. The van der Waals surface area contributed by atoms with Crippen LogP contribution in [0.25, 0.3) is 0 Å². The van der Waals surface area contributed by atoms with Crippen LogP contribution in [-0.2, 0) is 0 Å². The van der Waals surface area contributed by atoms with Crippen molar-refractivity contribution in [3.8, 4) is 11.5 Å². The smallest absolute Gasteiger partial charge is 0.173 e. The maximum Gasteiger partial charge on any atom is 0.173 e. The van der Waals surface area contributed by atoms with Crippen LogP contribution in [0.4, 0.5) is 17.6 Å². The normalized spacial score (nSPS) is 16.2. The van der Waals surface area contributed by atoms with Crippen molar-refractivity contribution in [1.29, 1.82) is 0 Å². The summed E-state index contributed by atoms with van der Waals surface area (Å²) in [5, 5.41) is 11.6. The van der Waals surface area contributed by atoms with E-state index in [1.165, 1.54) is 0 Å². The second-order valence-corrected chi connectivity index (χ2v) is 7.59. The van der Waals surface area contributed by atoms with Gasteiger partial charge in [-0.2, -0.15) is 0 Å². The highest BCUT2D eigenvalue weighted by molar-refractivity contribution is 9.10. The number of halogens is 6. The van der Waals surface area contributed by atoms with Gasteiger partial charge in [-0.1, -0.05) is 5.16 Å². The van der Waals surface area contributed by atoms with Gasteiger partial charge in [-0.3, -0.25) is 4.79 Å². The summed E-state index contributed by atoms with van der Waals surface area (Å²) in [7, 11) is 0. The van der Waals surface area contributed by atoms with Crippen LogP contribution < -0.4 is 9.47 Å². The van der Waals surface area contributed by atoms with E-state index < -0.39 is 29.1 Å². The Morgan fingerprint density at radius 1 is 0.862 bits per heavy atom. The molecule has 0 saturated heterocycles. The Morgan fingerprint density at radius 2 is 1.34 bits per heavy atom. The Kier molecular flexibility index (Phi) is 6.47. The van der Waals surface area contributed by atoms with Gasteiger partial charge in [-0.25, -0.2) is 17.6 Å². The van der Waals surface area contributed by atoms with Crippen molar-refractivity contribution < 1.29 is 37.0 Å². The standard InChI is InChI=1S/C9H6BrF2NO2.C9H5BrF2O2/c10-4-3-5(11)8(12)7-6(13-14)1-2-15-9(4)7;10-4-3-5(11)8(12)7-6(13)1-2-14-9(4)7/h3,14H,1-2H2;3H,1-2H2/b13-6+;. The van der Waals surface area contributed by atoms with Crippen LogP contribution in [0.2, 0.25) is 0 Å². The van der Waals surface area contributed by atoms with Gasteiger partial charge in [0.25, 0.3) is 0 Å². The minimum absolute atomic E-state index is 0.0831. The first-order valence-electron chi connectivity index (χ1n) is 8.11. The van der Waals surface area contributed by atoms with Gasteiger partial charge in [0.15, 0.2) is 29.1 Å². The fourth-order valence-corrected chi connectivity index (χ4v) is 3.82. The third-order valence-corrected chi connectivity index (χ3v) is 5.28. The minimum atomic E-state index is -1.13. The zero-order valence-electron chi connectivity index (χ0n) is 14.4. The van der Waals surface area contributed by atoms with E-state index in [0.717, 1.165) is 12.1 Å². The number of Topliss-reactive ketones (excluding diaryl/α,β-unsaturated/α-hetero) is 1. The molecule has 0 aliphatic carbocycles. The Morgan fingerprint density at radius 3 is 1.90 bits per heavy atom. The number of oxime groups is 1. The Balaban J connectivity index is 0.000000166. The molecule has 0 atom stereocenters. The van der Waals surface area contributed by atoms with Crippen LogP contribution in [0.5, 0.6) is 11.5 Å². The number of carbonyl (C=O) groups is 1. The molecule has 0 radical (unpaired) electrons. The molecule has 4 rings (SSSR count). The van der Waals surface area contributed by atoms with Crippen molar-refractivity contribution in [2.75, 3.05) is 13.2 Å². The van der Waals surface area contributed by atoms with Gasteiger partial charge in [0, 0.05) is 12.8 Å². The van der Waals surface area contributed by atoms with E-state index in [1.807, 2.05) is 0 Å². The quantitative estimate of drug-likeness (QED) is 0.211. The van der Waals surface area contributed by atoms with E-state index in [9.17, 15) is 22.4 Å². The summed E-state index contributed by atoms with van der Waals surface area (Å²) < 4.78 is 63.5. The summed E-state index contributed by atoms with van der Waals surface area (Å²) in [5.74, 6) is -4.40. The number of hydrogen-bond acceptors (Lipinski definition) is 5. The molecule has 2 aromatic carbocycles. The number of benzene rings is 2. The maximum absolute atomic E-state index is 13.4. The molecule has 0 amide bonds. The molecule has 2 aliphatic rings. The second-order valence-electron chi connectivity index (χ2n) is 5.88. The monoisotopic (exact) mass is 539 g/mol.